The van der Waals surface area contributed by atoms with Gasteiger partial charge in [-0.15, -0.1) is 11.3 Å². The molecule has 0 bridgehead atoms. The van der Waals surface area contributed by atoms with E-state index in [0.29, 0.717) is 22.4 Å². The highest BCUT2D eigenvalue weighted by Gasteiger charge is 2.31. The van der Waals surface area contributed by atoms with Crippen LogP contribution >= 0.6 is 22.9 Å². The fourth-order valence-corrected chi connectivity index (χ4v) is 5.36. The number of hydrogen-bond acceptors (Lipinski definition) is 5. The number of rotatable bonds is 8. The Balaban J connectivity index is 2.11. The standard InChI is InChI=1S/C19H23ClN2O4S2/c1-13(2)9-10-21-18(23)19(24)22-12-17(16-4-3-11-27-16)28(25,26)15-7-5-14(20)6-8-15/h3-8,11,13,17H,9-10,12H2,1-2H3,(H,21,23)(H,22,24). The van der Waals surface area contributed by atoms with Crippen molar-refractivity contribution >= 4 is 44.6 Å². The van der Waals surface area contributed by atoms with Crippen LogP contribution in [-0.2, 0) is 19.4 Å². The molecule has 1 atom stereocenters. The number of benzene rings is 1. The first-order chi connectivity index (χ1) is 13.2. The van der Waals surface area contributed by atoms with Crippen LogP contribution in [-0.4, -0.2) is 33.3 Å². The molecule has 2 rings (SSSR count). The van der Waals surface area contributed by atoms with E-state index in [-0.39, 0.29) is 11.4 Å². The summed E-state index contributed by atoms with van der Waals surface area (Å²) in [6.45, 7) is 4.21. The number of carbonyl (C=O) groups is 2. The zero-order valence-corrected chi connectivity index (χ0v) is 18.0. The number of carbonyl (C=O) groups excluding carboxylic acids is 2. The maximum absolute atomic E-state index is 13.1. The molecule has 1 unspecified atom stereocenters. The van der Waals surface area contributed by atoms with Crippen molar-refractivity contribution in [3.05, 3.63) is 51.7 Å². The van der Waals surface area contributed by atoms with E-state index in [1.54, 1.807) is 17.5 Å². The molecule has 0 saturated heterocycles. The van der Waals surface area contributed by atoms with Gasteiger partial charge < -0.3 is 10.6 Å². The second kappa shape index (κ2) is 10.0. The van der Waals surface area contributed by atoms with Gasteiger partial charge in [0.1, 0.15) is 5.25 Å². The fourth-order valence-electron chi connectivity index (χ4n) is 2.45. The van der Waals surface area contributed by atoms with Crippen molar-refractivity contribution in [1.82, 2.24) is 10.6 Å². The molecule has 2 amide bonds. The number of thiophene rings is 1. The number of amides is 2. The summed E-state index contributed by atoms with van der Waals surface area (Å²) < 4.78 is 26.2. The van der Waals surface area contributed by atoms with Crippen molar-refractivity contribution in [1.29, 1.82) is 0 Å². The average molecular weight is 443 g/mol. The lowest BCUT2D eigenvalue weighted by Gasteiger charge is -2.17. The molecule has 2 aromatic rings. The molecule has 0 fully saturated rings. The van der Waals surface area contributed by atoms with Crippen molar-refractivity contribution in [2.24, 2.45) is 5.92 Å². The minimum absolute atomic E-state index is 0.103. The number of halogens is 1. The van der Waals surface area contributed by atoms with Crippen LogP contribution < -0.4 is 10.6 Å². The van der Waals surface area contributed by atoms with Crippen LogP contribution in [0.2, 0.25) is 5.02 Å². The molecule has 1 aromatic carbocycles. The van der Waals surface area contributed by atoms with Gasteiger partial charge in [0.2, 0.25) is 0 Å². The van der Waals surface area contributed by atoms with Crippen LogP contribution in [0, 0.1) is 5.92 Å². The summed E-state index contributed by atoms with van der Waals surface area (Å²) >= 11 is 7.12. The second-order valence-corrected chi connectivity index (χ2v) is 10.2. The van der Waals surface area contributed by atoms with Gasteiger partial charge in [-0.05, 0) is 48.1 Å². The molecule has 0 aliphatic rings. The van der Waals surface area contributed by atoms with Crippen LogP contribution in [0.4, 0.5) is 0 Å². The lowest BCUT2D eigenvalue weighted by molar-refractivity contribution is -0.139. The van der Waals surface area contributed by atoms with E-state index < -0.39 is 26.9 Å². The first-order valence-electron chi connectivity index (χ1n) is 8.80. The van der Waals surface area contributed by atoms with E-state index in [9.17, 15) is 18.0 Å². The van der Waals surface area contributed by atoms with Crippen LogP contribution in [0.5, 0.6) is 0 Å². The van der Waals surface area contributed by atoms with Gasteiger partial charge in [-0.1, -0.05) is 31.5 Å². The number of nitrogens with one attached hydrogen (secondary N) is 2. The van der Waals surface area contributed by atoms with Crippen LogP contribution in [0.3, 0.4) is 0 Å². The van der Waals surface area contributed by atoms with Gasteiger partial charge in [0.15, 0.2) is 9.84 Å². The van der Waals surface area contributed by atoms with Gasteiger partial charge in [-0.3, -0.25) is 9.59 Å². The van der Waals surface area contributed by atoms with Crippen LogP contribution in [0.15, 0.2) is 46.7 Å². The molecule has 0 spiro atoms. The predicted octanol–water partition coefficient (Wildman–Crippen LogP) is 3.20. The summed E-state index contributed by atoms with van der Waals surface area (Å²) in [6.07, 6.45) is 0.752. The van der Waals surface area contributed by atoms with Gasteiger partial charge in [0.25, 0.3) is 0 Å². The first kappa shape index (κ1) is 22.4. The Morgan fingerprint density at radius 2 is 1.71 bits per heavy atom. The van der Waals surface area contributed by atoms with E-state index in [1.807, 2.05) is 13.8 Å². The Hall–Kier alpha value is -1.90. The third kappa shape index (κ3) is 6.05. The summed E-state index contributed by atoms with van der Waals surface area (Å²) in [4.78, 5) is 24.6. The second-order valence-electron chi connectivity index (χ2n) is 6.65. The number of sulfone groups is 1. The van der Waals surface area contributed by atoms with Gasteiger partial charge in [-0.25, -0.2) is 8.42 Å². The van der Waals surface area contributed by atoms with Gasteiger partial charge in [0, 0.05) is 23.0 Å². The average Bonchev–Trinajstić information content (AvgIpc) is 3.15. The molecule has 0 saturated carbocycles. The molecule has 0 aliphatic heterocycles. The van der Waals surface area contributed by atoms with Crippen molar-refractivity contribution in [2.75, 3.05) is 13.1 Å². The molecule has 28 heavy (non-hydrogen) atoms. The topological polar surface area (TPSA) is 92.3 Å². The highest BCUT2D eigenvalue weighted by molar-refractivity contribution is 7.91. The van der Waals surface area contributed by atoms with E-state index in [4.69, 9.17) is 11.6 Å². The molecule has 152 valence electrons. The minimum Gasteiger partial charge on any atom is -0.348 e. The Labute approximate surface area is 174 Å². The molecule has 1 heterocycles. The molecular formula is C19H23ClN2O4S2. The van der Waals surface area contributed by atoms with Crippen molar-refractivity contribution in [3.8, 4) is 0 Å². The molecule has 0 aliphatic carbocycles. The maximum atomic E-state index is 13.1. The lowest BCUT2D eigenvalue weighted by atomic mass is 10.1. The van der Waals surface area contributed by atoms with Crippen molar-refractivity contribution in [3.63, 3.8) is 0 Å². The third-order valence-corrected chi connectivity index (χ3v) is 7.52. The van der Waals surface area contributed by atoms with E-state index >= 15 is 0 Å². The Bertz CT molecular complexity index is 895. The van der Waals surface area contributed by atoms with E-state index in [0.717, 1.165) is 6.42 Å². The maximum Gasteiger partial charge on any atom is 0.309 e. The molecule has 0 radical (unpaired) electrons. The number of hydrogen-bond donors (Lipinski definition) is 2. The summed E-state index contributed by atoms with van der Waals surface area (Å²) in [5.74, 6) is -1.22. The molecular weight excluding hydrogens is 420 g/mol. The Kier molecular flexibility index (Phi) is 8.03. The van der Waals surface area contributed by atoms with Crippen LogP contribution in [0.1, 0.15) is 30.4 Å². The molecule has 1 aromatic heterocycles. The largest absolute Gasteiger partial charge is 0.348 e. The van der Waals surface area contributed by atoms with Gasteiger partial charge >= 0.3 is 11.8 Å². The third-order valence-electron chi connectivity index (χ3n) is 4.04. The SMILES string of the molecule is CC(C)CCNC(=O)C(=O)NCC(c1cccs1)S(=O)(=O)c1ccc(Cl)cc1. The highest BCUT2D eigenvalue weighted by atomic mass is 35.5. The monoisotopic (exact) mass is 442 g/mol. The normalized spacial score (nSPS) is 12.6. The van der Waals surface area contributed by atoms with Crippen LogP contribution in [0.25, 0.3) is 0 Å². The molecule has 9 heteroatoms. The minimum atomic E-state index is -3.78. The summed E-state index contributed by atoms with van der Waals surface area (Å²) in [5.41, 5.74) is 0. The zero-order chi connectivity index (χ0) is 20.7. The predicted molar refractivity (Wildman–Crippen MR) is 111 cm³/mol. The fraction of sp³-hybridized carbons (Fsp3) is 0.368. The van der Waals surface area contributed by atoms with Crippen molar-refractivity contribution < 1.29 is 18.0 Å². The summed E-state index contributed by atoms with van der Waals surface area (Å²) in [6, 6.07) is 9.29. The first-order valence-corrected chi connectivity index (χ1v) is 11.6. The highest BCUT2D eigenvalue weighted by Crippen LogP contribution is 2.31. The quantitative estimate of drug-likeness (QED) is 0.614. The summed E-state index contributed by atoms with van der Waals surface area (Å²) in [5, 5.41) is 6.18. The van der Waals surface area contributed by atoms with E-state index in [1.165, 1.54) is 35.6 Å². The lowest BCUT2D eigenvalue weighted by Crippen LogP contribution is -2.42. The molecule has 2 N–H and O–H groups in total. The van der Waals surface area contributed by atoms with Gasteiger partial charge in [0.05, 0.1) is 4.90 Å². The molecule has 6 nitrogen and oxygen atoms in total. The zero-order valence-electron chi connectivity index (χ0n) is 15.6. The Morgan fingerprint density at radius 1 is 1.07 bits per heavy atom. The summed E-state index contributed by atoms with van der Waals surface area (Å²) in [7, 11) is -3.78. The smallest absolute Gasteiger partial charge is 0.309 e. The van der Waals surface area contributed by atoms with Gasteiger partial charge in [-0.2, -0.15) is 0 Å². The Morgan fingerprint density at radius 3 is 2.29 bits per heavy atom. The van der Waals surface area contributed by atoms with E-state index in [2.05, 4.69) is 10.6 Å². The van der Waals surface area contributed by atoms with Crippen molar-refractivity contribution in [2.45, 2.75) is 30.4 Å².